The van der Waals surface area contributed by atoms with Gasteiger partial charge in [-0.1, -0.05) is 25.1 Å². The lowest BCUT2D eigenvalue weighted by atomic mass is 10.1. The second-order valence-corrected chi connectivity index (χ2v) is 7.65. The molecule has 3 rings (SSSR count). The maximum atomic E-state index is 12.9. The lowest BCUT2D eigenvalue weighted by molar-refractivity contribution is -0.0366. The Balaban J connectivity index is 1.89. The smallest absolute Gasteiger partial charge is 0.243 e. The fourth-order valence-electron chi connectivity index (χ4n) is 3.21. The molecule has 0 aliphatic carbocycles. The quantitative estimate of drug-likeness (QED) is 0.834. The SMILES string of the molecule is CCc1ccccc1S(=O)(=O)N1C[C@@H]2OCCN(C)[C@@H]2C1. The van der Waals surface area contributed by atoms with Gasteiger partial charge in [0.05, 0.1) is 23.6 Å². The number of morpholine rings is 1. The molecule has 2 saturated heterocycles. The standard InChI is InChI=1S/C15H22N2O3S/c1-3-12-6-4-5-7-15(12)21(18,19)17-10-13-14(11-17)20-9-8-16(13)2/h4-7,13-14H,3,8-11H2,1-2H3/t13-,14+/m1/s1. The van der Waals surface area contributed by atoms with Gasteiger partial charge in [-0.05, 0) is 25.1 Å². The lowest BCUT2D eigenvalue weighted by Crippen LogP contribution is -2.48. The van der Waals surface area contributed by atoms with Gasteiger partial charge in [-0.2, -0.15) is 4.31 Å². The molecule has 0 aromatic heterocycles. The number of hydrogen-bond donors (Lipinski definition) is 0. The van der Waals surface area contributed by atoms with Gasteiger partial charge in [0.15, 0.2) is 0 Å². The van der Waals surface area contributed by atoms with Crippen LogP contribution in [-0.2, 0) is 21.2 Å². The van der Waals surface area contributed by atoms with Crippen LogP contribution in [0.15, 0.2) is 29.2 Å². The van der Waals surface area contributed by atoms with Crippen molar-refractivity contribution in [3.05, 3.63) is 29.8 Å². The van der Waals surface area contributed by atoms with E-state index in [4.69, 9.17) is 4.74 Å². The fourth-order valence-corrected chi connectivity index (χ4v) is 4.97. The van der Waals surface area contributed by atoms with Crippen LogP contribution in [0.2, 0.25) is 0 Å². The van der Waals surface area contributed by atoms with Gasteiger partial charge in [-0.15, -0.1) is 0 Å². The summed E-state index contributed by atoms with van der Waals surface area (Å²) in [6.45, 7) is 4.49. The first-order valence-corrected chi connectivity index (χ1v) is 8.88. The Bertz CT molecular complexity index is 617. The molecular weight excluding hydrogens is 288 g/mol. The largest absolute Gasteiger partial charge is 0.374 e. The predicted molar refractivity (Wildman–Crippen MR) is 80.7 cm³/mol. The molecule has 2 heterocycles. The van der Waals surface area contributed by atoms with Crippen molar-refractivity contribution in [3.63, 3.8) is 0 Å². The normalized spacial score (nSPS) is 27.7. The Hall–Kier alpha value is -0.950. The molecule has 0 N–H and O–H groups in total. The molecule has 116 valence electrons. The first kappa shape index (κ1) is 15.0. The Morgan fingerprint density at radius 2 is 2.05 bits per heavy atom. The van der Waals surface area contributed by atoms with Gasteiger partial charge in [-0.3, -0.25) is 4.90 Å². The molecular formula is C15H22N2O3S. The zero-order chi connectivity index (χ0) is 15.0. The minimum Gasteiger partial charge on any atom is -0.374 e. The highest BCUT2D eigenvalue weighted by atomic mass is 32.2. The first-order valence-electron chi connectivity index (χ1n) is 7.44. The third-order valence-corrected chi connectivity index (χ3v) is 6.45. The third-order valence-electron chi connectivity index (χ3n) is 4.52. The number of rotatable bonds is 3. The minimum absolute atomic E-state index is 0.00712. The number of likely N-dealkylation sites (N-methyl/N-ethyl adjacent to an activating group) is 1. The van der Waals surface area contributed by atoms with Crippen LogP contribution in [0, 0.1) is 0 Å². The van der Waals surface area contributed by atoms with Crippen molar-refractivity contribution >= 4 is 10.0 Å². The van der Waals surface area contributed by atoms with E-state index in [2.05, 4.69) is 4.90 Å². The molecule has 2 fully saturated rings. The Labute approximate surface area is 126 Å². The van der Waals surface area contributed by atoms with E-state index < -0.39 is 10.0 Å². The topological polar surface area (TPSA) is 49.9 Å². The molecule has 0 saturated carbocycles. The molecule has 0 amide bonds. The maximum Gasteiger partial charge on any atom is 0.243 e. The number of hydrogen-bond acceptors (Lipinski definition) is 4. The summed E-state index contributed by atoms with van der Waals surface area (Å²) >= 11 is 0. The van der Waals surface area contributed by atoms with Crippen molar-refractivity contribution in [1.29, 1.82) is 0 Å². The molecule has 0 radical (unpaired) electrons. The van der Waals surface area contributed by atoms with Crippen LogP contribution in [0.1, 0.15) is 12.5 Å². The van der Waals surface area contributed by atoms with Gasteiger partial charge in [0.25, 0.3) is 0 Å². The summed E-state index contributed by atoms with van der Waals surface area (Å²) < 4.78 is 33.2. The Morgan fingerprint density at radius 1 is 1.29 bits per heavy atom. The van der Waals surface area contributed by atoms with Crippen molar-refractivity contribution in [1.82, 2.24) is 9.21 Å². The number of benzene rings is 1. The Kier molecular flexibility index (Phi) is 4.05. The van der Waals surface area contributed by atoms with Crippen LogP contribution in [0.3, 0.4) is 0 Å². The van der Waals surface area contributed by atoms with Crippen LogP contribution in [-0.4, -0.2) is 63.1 Å². The highest BCUT2D eigenvalue weighted by Crippen LogP contribution is 2.28. The van der Waals surface area contributed by atoms with Crippen molar-refractivity contribution in [3.8, 4) is 0 Å². The number of fused-ring (bicyclic) bond motifs is 1. The maximum absolute atomic E-state index is 12.9. The van der Waals surface area contributed by atoms with Crippen molar-refractivity contribution in [2.75, 3.05) is 33.3 Å². The molecule has 6 heteroatoms. The lowest BCUT2D eigenvalue weighted by Gasteiger charge is -2.33. The summed E-state index contributed by atoms with van der Waals surface area (Å²) in [5.41, 5.74) is 0.877. The van der Waals surface area contributed by atoms with Gasteiger partial charge in [0.2, 0.25) is 10.0 Å². The van der Waals surface area contributed by atoms with Crippen molar-refractivity contribution in [2.45, 2.75) is 30.4 Å². The molecule has 2 aliphatic rings. The highest BCUT2D eigenvalue weighted by Gasteiger charge is 2.43. The molecule has 0 unspecified atom stereocenters. The van der Waals surface area contributed by atoms with Crippen molar-refractivity contribution < 1.29 is 13.2 Å². The molecule has 0 spiro atoms. The molecule has 21 heavy (non-hydrogen) atoms. The van der Waals surface area contributed by atoms with Gasteiger partial charge < -0.3 is 4.74 Å². The summed E-state index contributed by atoms with van der Waals surface area (Å²) in [6, 6.07) is 7.44. The fraction of sp³-hybridized carbons (Fsp3) is 0.600. The van der Waals surface area contributed by atoms with E-state index in [0.29, 0.717) is 31.0 Å². The van der Waals surface area contributed by atoms with E-state index in [1.807, 2.05) is 26.1 Å². The van der Waals surface area contributed by atoms with E-state index >= 15 is 0 Å². The number of sulfonamides is 1. The van der Waals surface area contributed by atoms with Crippen LogP contribution in [0.5, 0.6) is 0 Å². The van der Waals surface area contributed by atoms with Crippen LogP contribution in [0.25, 0.3) is 0 Å². The Morgan fingerprint density at radius 3 is 2.76 bits per heavy atom. The second-order valence-electron chi connectivity index (χ2n) is 5.74. The zero-order valence-corrected chi connectivity index (χ0v) is 13.3. The van der Waals surface area contributed by atoms with Gasteiger partial charge in [0.1, 0.15) is 0 Å². The summed E-state index contributed by atoms with van der Waals surface area (Å²) in [5, 5.41) is 0. The van der Waals surface area contributed by atoms with E-state index in [9.17, 15) is 8.42 Å². The minimum atomic E-state index is -3.44. The van der Waals surface area contributed by atoms with Crippen LogP contribution < -0.4 is 0 Å². The monoisotopic (exact) mass is 310 g/mol. The van der Waals surface area contributed by atoms with E-state index in [1.54, 1.807) is 16.4 Å². The summed E-state index contributed by atoms with van der Waals surface area (Å²) in [5.74, 6) is 0. The van der Waals surface area contributed by atoms with Gasteiger partial charge >= 0.3 is 0 Å². The summed E-state index contributed by atoms with van der Waals surface area (Å²) in [4.78, 5) is 2.64. The van der Waals surface area contributed by atoms with Gasteiger partial charge in [0, 0.05) is 19.6 Å². The first-order chi connectivity index (χ1) is 10.0. The van der Waals surface area contributed by atoms with E-state index in [1.165, 1.54) is 0 Å². The van der Waals surface area contributed by atoms with Crippen LogP contribution >= 0.6 is 0 Å². The number of nitrogens with zero attached hydrogens (tertiary/aromatic N) is 2. The second kappa shape index (κ2) is 5.68. The van der Waals surface area contributed by atoms with Gasteiger partial charge in [-0.25, -0.2) is 8.42 Å². The molecule has 1 aromatic rings. The molecule has 5 nitrogen and oxygen atoms in total. The number of ether oxygens (including phenoxy) is 1. The molecule has 2 atom stereocenters. The highest BCUT2D eigenvalue weighted by molar-refractivity contribution is 7.89. The molecule has 0 bridgehead atoms. The predicted octanol–water partition coefficient (Wildman–Crippen LogP) is 0.952. The third kappa shape index (κ3) is 2.61. The average molecular weight is 310 g/mol. The van der Waals surface area contributed by atoms with E-state index in [0.717, 1.165) is 12.1 Å². The summed E-state index contributed by atoms with van der Waals surface area (Å²) in [7, 11) is -1.40. The summed E-state index contributed by atoms with van der Waals surface area (Å²) in [6.07, 6.45) is 0.708. The van der Waals surface area contributed by atoms with E-state index in [-0.39, 0.29) is 12.1 Å². The number of aryl methyl sites for hydroxylation is 1. The zero-order valence-electron chi connectivity index (χ0n) is 12.5. The molecule has 1 aromatic carbocycles. The average Bonchev–Trinajstić information content (AvgIpc) is 2.93. The van der Waals surface area contributed by atoms with Crippen LogP contribution in [0.4, 0.5) is 0 Å². The van der Waals surface area contributed by atoms with Crippen molar-refractivity contribution in [2.24, 2.45) is 0 Å². The molecule has 2 aliphatic heterocycles.